The lowest BCUT2D eigenvalue weighted by Crippen LogP contribution is -2.53. The summed E-state index contributed by atoms with van der Waals surface area (Å²) in [6.07, 6.45) is 3.11. The molecule has 230 valence electrons. The van der Waals surface area contributed by atoms with Gasteiger partial charge in [-0.05, 0) is 25.5 Å². The van der Waals surface area contributed by atoms with Crippen LogP contribution in [0.1, 0.15) is 65.6 Å². The molecule has 2 bridgehead atoms. The third-order valence-electron chi connectivity index (χ3n) is 7.64. The maximum absolute atomic E-state index is 14.2. The van der Waals surface area contributed by atoms with E-state index in [0.717, 1.165) is 12.5 Å². The molecule has 0 saturated heterocycles. The van der Waals surface area contributed by atoms with Crippen molar-refractivity contribution in [3.05, 3.63) is 75.2 Å². The van der Waals surface area contributed by atoms with Gasteiger partial charge in [0.05, 0.1) is 19.1 Å². The van der Waals surface area contributed by atoms with Gasteiger partial charge in [0.15, 0.2) is 23.7 Å². The monoisotopic (exact) mass is 606 g/mol. The van der Waals surface area contributed by atoms with Crippen molar-refractivity contribution >= 4 is 17.7 Å². The molecule has 43 heavy (non-hydrogen) atoms. The number of carbonyl (C=O) groups excluding carboxylic acids is 2. The molecular formula is C29H30F4N4O6. The summed E-state index contributed by atoms with van der Waals surface area (Å²) in [6.45, 7) is 2.61. The number of aromatic nitrogens is 1. The van der Waals surface area contributed by atoms with Gasteiger partial charge in [-0.3, -0.25) is 14.4 Å². The van der Waals surface area contributed by atoms with Crippen LogP contribution in [0.5, 0.6) is 5.75 Å². The maximum atomic E-state index is 14.2. The number of alkyl halides is 2. The van der Waals surface area contributed by atoms with Crippen LogP contribution in [0.4, 0.5) is 17.6 Å². The summed E-state index contributed by atoms with van der Waals surface area (Å²) < 4.78 is 65.6. The molecule has 0 saturated carbocycles. The van der Waals surface area contributed by atoms with Gasteiger partial charge in [0.1, 0.15) is 17.2 Å². The minimum atomic E-state index is -2.73. The number of rotatable bonds is 9. The number of fused-ring (bicyclic) bond motifs is 5. The van der Waals surface area contributed by atoms with E-state index in [2.05, 4.69) is 10.5 Å². The van der Waals surface area contributed by atoms with E-state index >= 15 is 0 Å². The van der Waals surface area contributed by atoms with E-state index in [0.29, 0.717) is 12.5 Å². The number of amides is 2. The second-order valence-electron chi connectivity index (χ2n) is 10.6. The summed E-state index contributed by atoms with van der Waals surface area (Å²) in [5.74, 6) is -3.44. The van der Waals surface area contributed by atoms with Crippen molar-refractivity contribution in [2.45, 2.75) is 63.8 Å². The molecule has 0 unspecified atom stereocenters. The highest BCUT2D eigenvalue weighted by atomic mass is 19.3. The maximum Gasteiger partial charge on any atom is 0.275 e. The number of nitrogens with zero attached hydrogens (tertiary/aromatic N) is 3. The Kier molecular flexibility index (Phi) is 8.47. The number of ether oxygens (including phenoxy) is 2. The Bertz CT molecular complexity index is 1540. The van der Waals surface area contributed by atoms with E-state index < -0.39 is 59.6 Å². The summed E-state index contributed by atoms with van der Waals surface area (Å²) in [7, 11) is 0. The lowest BCUT2D eigenvalue weighted by atomic mass is 9.88. The molecule has 3 aliphatic rings. The Morgan fingerprint density at radius 1 is 1.26 bits per heavy atom. The largest absolute Gasteiger partial charge is 0.487 e. The molecule has 14 heteroatoms. The second-order valence-corrected chi connectivity index (χ2v) is 10.6. The Morgan fingerprint density at radius 3 is 2.77 bits per heavy atom. The lowest BCUT2D eigenvalue weighted by molar-refractivity contribution is -0.0317. The van der Waals surface area contributed by atoms with Gasteiger partial charge >= 0.3 is 0 Å². The van der Waals surface area contributed by atoms with Crippen LogP contribution in [0.25, 0.3) is 0 Å². The first-order valence-corrected chi connectivity index (χ1v) is 13.8. The molecule has 1 N–H and O–H groups in total. The number of halogens is 4. The van der Waals surface area contributed by atoms with Crippen LogP contribution >= 0.6 is 0 Å². The van der Waals surface area contributed by atoms with E-state index in [9.17, 15) is 31.9 Å². The number of oxime groups is 1. The van der Waals surface area contributed by atoms with Gasteiger partial charge in [-0.15, -0.1) is 0 Å². The second kappa shape index (κ2) is 12.1. The van der Waals surface area contributed by atoms with Gasteiger partial charge in [0.2, 0.25) is 11.3 Å². The lowest BCUT2D eigenvalue weighted by Gasteiger charge is -2.41. The summed E-state index contributed by atoms with van der Waals surface area (Å²) in [6, 6.07) is 1.66. The SMILES string of the molecule is CCCCOc1c2n(cc(C(=O)NCc3ccc(F)cc3F)c1=O)[C@@H]1CN(C2=O)[C@@H](C)C=C[C@]12CC(OCC(F)F)=NO2. The average Bonchev–Trinajstić information content (AvgIpc) is 3.34. The first-order valence-electron chi connectivity index (χ1n) is 13.8. The number of benzene rings is 1. The zero-order chi connectivity index (χ0) is 30.9. The molecule has 1 aromatic heterocycles. The quantitative estimate of drug-likeness (QED) is 0.263. The number of hydrogen-bond donors (Lipinski definition) is 1. The van der Waals surface area contributed by atoms with Crippen molar-refractivity contribution in [1.82, 2.24) is 14.8 Å². The van der Waals surface area contributed by atoms with Crippen LogP contribution < -0.4 is 15.5 Å². The van der Waals surface area contributed by atoms with E-state index in [1.807, 2.05) is 6.92 Å². The Labute approximate surface area is 243 Å². The van der Waals surface area contributed by atoms with Crippen LogP contribution in [0.3, 0.4) is 0 Å². The van der Waals surface area contributed by atoms with E-state index in [1.165, 1.54) is 21.7 Å². The highest BCUT2D eigenvalue weighted by Gasteiger charge is 2.53. The van der Waals surface area contributed by atoms with Crippen molar-refractivity contribution in [2.24, 2.45) is 5.16 Å². The first-order chi connectivity index (χ1) is 20.5. The van der Waals surface area contributed by atoms with Crippen LogP contribution in [0.15, 0.2) is 46.5 Å². The zero-order valence-corrected chi connectivity index (χ0v) is 23.4. The molecule has 5 rings (SSSR count). The Morgan fingerprint density at radius 2 is 2.05 bits per heavy atom. The van der Waals surface area contributed by atoms with Gasteiger partial charge < -0.3 is 29.1 Å². The summed E-state index contributed by atoms with van der Waals surface area (Å²) in [5, 5.41) is 6.36. The third-order valence-corrected chi connectivity index (χ3v) is 7.64. The molecule has 3 aliphatic heterocycles. The Balaban J connectivity index is 1.57. The van der Waals surface area contributed by atoms with Gasteiger partial charge in [-0.1, -0.05) is 30.6 Å². The normalized spacial score (nSPS) is 22.3. The van der Waals surface area contributed by atoms with E-state index in [4.69, 9.17) is 14.3 Å². The van der Waals surface area contributed by atoms with E-state index in [-0.39, 0.29) is 54.6 Å². The number of pyridine rings is 1. The summed E-state index contributed by atoms with van der Waals surface area (Å²) in [4.78, 5) is 48.2. The molecule has 0 fully saturated rings. The molecule has 2 amide bonds. The predicted octanol–water partition coefficient (Wildman–Crippen LogP) is 3.94. The highest BCUT2D eigenvalue weighted by Crippen LogP contribution is 2.44. The van der Waals surface area contributed by atoms with Gasteiger partial charge in [0, 0.05) is 37.0 Å². The molecule has 3 atom stereocenters. The van der Waals surface area contributed by atoms with Gasteiger partial charge in [-0.2, -0.15) is 0 Å². The molecule has 0 radical (unpaired) electrons. The summed E-state index contributed by atoms with van der Waals surface area (Å²) in [5.41, 5.74) is -2.64. The Hall–Kier alpha value is -4.36. The molecule has 2 aromatic rings. The molecule has 1 aromatic carbocycles. The van der Waals surface area contributed by atoms with Crippen molar-refractivity contribution in [3.63, 3.8) is 0 Å². The fourth-order valence-corrected chi connectivity index (χ4v) is 5.31. The smallest absolute Gasteiger partial charge is 0.275 e. The van der Waals surface area contributed by atoms with Crippen molar-refractivity contribution in [1.29, 1.82) is 0 Å². The van der Waals surface area contributed by atoms with Gasteiger partial charge in [0.25, 0.3) is 18.2 Å². The fraction of sp³-hybridized carbons (Fsp3) is 0.448. The van der Waals surface area contributed by atoms with Crippen LogP contribution in [0, 0.1) is 11.6 Å². The fourth-order valence-electron chi connectivity index (χ4n) is 5.31. The van der Waals surface area contributed by atoms with Crippen LogP contribution in [0.2, 0.25) is 0 Å². The molecule has 4 heterocycles. The van der Waals surface area contributed by atoms with Crippen LogP contribution in [-0.4, -0.2) is 65.0 Å². The van der Waals surface area contributed by atoms with Crippen molar-refractivity contribution in [2.75, 3.05) is 19.8 Å². The minimum Gasteiger partial charge on any atom is -0.487 e. The molecule has 1 spiro atoms. The zero-order valence-electron chi connectivity index (χ0n) is 23.4. The molecule has 0 aliphatic carbocycles. The minimum absolute atomic E-state index is 0.00673. The molecular weight excluding hydrogens is 576 g/mol. The number of unbranched alkanes of at least 4 members (excludes halogenated alkanes) is 1. The topological polar surface area (TPSA) is 111 Å². The highest BCUT2D eigenvalue weighted by molar-refractivity contribution is 5.99. The van der Waals surface area contributed by atoms with Crippen LogP contribution in [-0.2, 0) is 16.1 Å². The third kappa shape index (κ3) is 5.82. The van der Waals surface area contributed by atoms with E-state index in [1.54, 1.807) is 19.1 Å². The van der Waals surface area contributed by atoms with Crippen molar-refractivity contribution < 1.29 is 41.5 Å². The number of nitrogens with one attached hydrogen (secondary N) is 1. The first kappa shape index (κ1) is 30.1. The number of hydrogen-bond acceptors (Lipinski definition) is 7. The standard InChI is InChI=1S/C29H30F4N4O6/c1-3-4-9-41-26-24-28(40)36-14-21(29(8-7-16(36)2)11-23(35-43-29)42-15-22(32)33)37(24)13-19(25(26)38)27(39)34-12-17-5-6-18(30)10-20(17)31/h5-8,10,13,16,21-22H,3-4,9,11-12,14-15H2,1-2H3,(H,34,39)/t16-,21+,29-/m0/s1. The number of carbonyl (C=O) groups is 2. The average molecular weight is 607 g/mol. The van der Waals surface area contributed by atoms with Gasteiger partial charge in [-0.25, -0.2) is 17.6 Å². The predicted molar refractivity (Wildman–Crippen MR) is 145 cm³/mol. The summed E-state index contributed by atoms with van der Waals surface area (Å²) >= 11 is 0. The van der Waals surface area contributed by atoms with Crippen molar-refractivity contribution in [3.8, 4) is 5.75 Å². The molecule has 10 nitrogen and oxygen atoms in total.